The summed E-state index contributed by atoms with van der Waals surface area (Å²) in [6, 6.07) is 2.09. The molecule has 2 aliphatic carbocycles. The second-order valence-electron chi connectivity index (χ2n) is 10.8. The molecule has 4 aliphatic rings. The maximum atomic E-state index is 12.8. The van der Waals surface area contributed by atoms with Gasteiger partial charge < -0.3 is 44.9 Å². The SMILES string of the molecule is COc1ccc2c3c1O[C@H]1C(OC(=O)CC(NC(=O)C(C)O)C(=O)O)=CC[C@@]4(O)[C@@H](C2)N(C)CC[C@]314.O=C(O)C(F)(F)F. The van der Waals surface area contributed by atoms with Gasteiger partial charge in [0.05, 0.1) is 24.5 Å². The number of hydrogen-bond donors (Lipinski definition) is 5. The zero-order valence-corrected chi connectivity index (χ0v) is 23.3. The molecule has 1 aromatic carbocycles. The van der Waals surface area contributed by atoms with Gasteiger partial charge in [0.15, 0.2) is 17.6 Å². The molecule has 1 aromatic rings. The van der Waals surface area contributed by atoms with E-state index in [0.29, 0.717) is 30.9 Å². The molecule has 2 aliphatic heterocycles. The number of piperidine rings is 1. The number of alkyl halides is 3. The zero-order chi connectivity index (χ0) is 32.1. The van der Waals surface area contributed by atoms with Gasteiger partial charge >= 0.3 is 24.1 Å². The van der Waals surface area contributed by atoms with Gasteiger partial charge in [0, 0.05) is 18.0 Å². The number of amides is 1. The molecule has 0 radical (unpaired) electrons. The van der Waals surface area contributed by atoms with Crippen molar-refractivity contribution in [3.05, 3.63) is 35.1 Å². The Kier molecular flexibility index (Phi) is 8.43. The molecule has 43 heavy (non-hydrogen) atoms. The lowest BCUT2D eigenvalue weighted by Crippen LogP contribution is -2.74. The van der Waals surface area contributed by atoms with Gasteiger partial charge in [0.25, 0.3) is 0 Å². The van der Waals surface area contributed by atoms with Crippen molar-refractivity contribution >= 4 is 23.8 Å². The number of carbonyl (C=O) groups excluding carboxylic acids is 2. The Morgan fingerprint density at radius 1 is 1.23 bits per heavy atom. The quantitative estimate of drug-likeness (QED) is 0.267. The van der Waals surface area contributed by atoms with E-state index in [4.69, 9.17) is 24.1 Å². The minimum Gasteiger partial charge on any atom is -0.493 e. The number of aliphatic carboxylic acids is 2. The fourth-order valence-corrected chi connectivity index (χ4v) is 6.42. The third-order valence-corrected chi connectivity index (χ3v) is 8.40. The number of methoxy groups -OCH3 is 1. The van der Waals surface area contributed by atoms with Crippen LogP contribution >= 0.6 is 0 Å². The third-order valence-electron chi connectivity index (χ3n) is 8.40. The van der Waals surface area contributed by atoms with E-state index in [1.165, 1.54) is 14.0 Å². The first-order valence-corrected chi connectivity index (χ1v) is 13.2. The van der Waals surface area contributed by atoms with E-state index in [1.807, 2.05) is 19.2 Å². The zero-order valence-electron chi connectivity index (χ0n) is 23.3. The molecule has 0 aromatic heterocycles. The standard InChI is InChI=1S/C25H30N2O9.C2HF3O2/c1-12(28)22(30)26-14(23(31)32)11-18(29)35-16-6-7-25(33)17-10-13-4-5-15(34-3)20-19(13)24(25,21(16)36-20)8-9-27(17)2;3-2(4,5)1(6)7/h4-6,12,14,17,21,28,33H,7-11H2,1-3H3,(H,26,30)(H,31,32);(H,6,7)/t12?,14?,17-,21+,24+,25-;/m1./s1. The topological polar surface area (TPSA) is 192 Å². The van der Waals surface area contributed by atoms with Crippen molar-refractivity contribution in [2.24, 2.45) is 0 Å². The highest BCUT2D eigenvalue weighted by Crippen LogP contribution is 2.65. The van der Waals surface area contributed by atoms with E-state index in [2.05, 4.69) is 10.2 Å². The molecule has 5 N–H and O–H groups in total. The number of carboxylic acid groups (broad SMARTS) is 2. The van der Waals surface area contributed by atoms with Crippen molar-refractivity contribution < 1.29 is 67.0 Å². The second kappa shape index (κ2) is 11.3. The number of nitrogens with zero attached hydrogens (tertiary/aromatic N) is 1. The number of nitrogens with one attached hydrogen (secondary N) is 1. The maximum absolute atomic E-state index is 12.8. The number of halogens is 3. The number of aliphatic hydroxyl groups excluding tert-OH is 1. The molecule has 6 atom stereocenters. The van der Waals surface area contributed by atoms with Gasteiger partial charge in [-0.3, -0.25) is 9.59 Å². The first-order valence-electron chi connectivity index (χ1n) is 13.2. The van der Waals surface area contributed by atoms with Gasteiger partial charge in [-0.05, 0) is 51.1 Å². The molecule has 1 fully saturated rings. The first-order chi connectivity index (χ1) is 20.0. The van der Waals surface area contributed by atoms with E-state index < -0.39 is 65.7 Å². The number of carbonyl (C=O) groups is 4. The summed E-state index contributed by atoms with van der Waals surface area (Å²) in [5.74, 6) is -4.74. The lowest BCUT2D eigenvalue weighted by atomic mass is 9.50. The summed E-state index contributed by atoms with van der Waals surface area (Å²) in [4.78, 5) is 47.2. The predicted octanol–water partition coefficient (Wildman–Crippen LogP) is 0.490. The molecule has 1 spiro atoms. The smallest absolute Gasteiger partial charge is 0.490 e. The van der Waals surface area contributed by atoms with Crippen LogP contribution in [0.4, 0.5) is 13.2 Å². The van der Waals surface area contributed by atoms with Gasteiger partial charge in [-0.1, -0.05) is 6.07 Å². The fourth-order valence-electron chi connectivity index (χ4n) is 6.42. The Morgan fingerprint density at radius 3 is 2.44 bits per heavy atom. The van der Waals surface area contributed by atoms with E-state index in [-0.39, 0.29) is 18.2 Å². The monoisotopic (exact) mass is 616 g/mol. The highest BCUT2D eigenvalue weighted by atomic mass is 19.4. The molecule has 2 unspecified atom stereocenters. The molecule has 1 saturated heterocycles. The molecular weight excluding hydrogens is 585 g/mol. The van der Waals surface area contributed by atoms with Crippen molar-refractivity contribution in [2.45, 2.75) is 74.1 Å². The molecule has 236 valence electrons. The molecule has 1 amide bonds. The largest absolute Gasteiger partial charge is 0.493 e. The molecule has 13 nitrogen and oxygen atoms in total. The normalized spacial score (nSPS) is 28.0. The van der Waals surface area contributed by atoms with Crippen LogP contribution in [0.15, 0.2) is 24.0 Å². The number of aliphatic hydroxyl groups is 2. The summed E-state index contributed by atoms with van der Waals surface area (Å²) in [5, 5.41) is 40.2. The summed E-state index contributed by atoms with van der Waals surface area (Å²) >= 11 is 0. The Bertz CT molecular complexity index is 1360. The lowest BCUT2D eigenvalue weighted by molar-refractivity contribution is -0.192. The lowest BCUT2D eigenvalue weighted by Gasteiger charge is -2.61. The van der Waals surface area contributed by atoms with Crippen molar-refractivity contribution in [1.29, 1.82) is 0 Å². The summed E-state index contributed by atoms with van der Waals surface area (Å²) in [6.45, 7) is 1.90. The van der Waals surface area contributed by atoms with Crippen LogP contribution in [0.2, 0.25) is 0 Å². The first kappa shape index (κ1) is 32.0. The summed E-state index contributed by atoms with van der Waals surface area (Å²) in [6.07, 6.45) is -4.91. The van der Waals surface area contributed by atoms with Gasteiger partial charge in [0.2, 0.25) is 5.91 Å². The van der Waals surface area contributed by atoms with Crippen molar-refractivity contribution in [1.82, 2.24) is 10.2 Å². The maximum Gasteiger partial charge on any atom is 0.490 e. The van der Waals surface area contributed by atoms with Crippen LogP contribution in [0.25, 0.3) is 0 Å². The summed E-state index contributed by atoms with van der Waals surface area (Å²) in [7, 11) is 3.53. The molecule has 5 rings (SSSR count). The minimum atomic E-state index is -5.08. The average Bonchev–Trinajstić information content (AvgIpc) is 3.27. The van der Waals surface area contributed by atoms with Crippen LogP contribution in [0.1, 0.15) is 37.3 Å². The summed E-state index contributed by atoms with van der Waals surface area (Å²) < 4.78 is 49.3. The molecule has 16 heteroatoms. The summed E-state index contributed by atoms with van der Waals surface area (Å²) in [5.41, 5.74) is -0.0968. The van der Waals surface area contributed by atoms with Crippen molar-refractivity contribution in [3.8, 4) is 11.5 Å². The Balaban J connectivity index is 0.000000541. The molecule has 2 heterocycles. The van der Waals surface area contributed by atoms with Crippen LogP contribution in [0.5, 0.6) is 11.5 Å². The Labute approximate surface area is 242 Å². The predicted molar refractivity (Wildman–Crippen MR) is 137 cm³/mol. The Hall–Kier alpha value is -3.89. The van der Waals surface area contributed by atoms with Crippen LogP contribution in [-0.2, 0) is 35.8 Å². The number of likely N-dealkylation sites (N-methyl/N-ethyl adjacent to an activating group) is 1. The van der Waals surface area contributed by atoms with E-state index >= 15 is 0 Å². The van der Waals surface area contributed by atoms with Crippen LogP contribution in [0.3, 0.4) is 0 Å². The van der Waals surface area contributed by atoms with Crippen LogP contribution in [-0.4, -0.2) is 106 Å². The van der Waals surface area contributed by atoms with E-state index in [9.17, 15) is 42.9 Å². The van der Waals surface area contributed by atoms with E-state index in [1.54, 1.807) is 6.08 Å². The van der Waals surface area contributed by atoms with Crippen molar-refractivity contribution in [3.63, 3.8) is 0 Å². The highest BCUT2D eigenvalue weighted by Gasteiger charge is 2.72. The van der Waals surface area contributed by atoms with Crippen LogP contribution < -0.4 is 14.8 Å². The number of ether oxygens (including phenoxy) is 3. The second-order valence-corrected chi connectivity index (χ2v) is 10.8. The number of carboxylic acids is 2. The van der Waals surface area contributed by atoms with E-state index in [0.717, 1.165) is 11.1 Å². The van der Waals surface area contributed by atoms with Gasteiger partial charge in [0.1, 0.15) is 17.9 Å². The number of esters is 1. The molecule has 2 bridgehead atoms. The average molecular weight is 617 g/mol. The van der Waals surface area contributed by atoms with Gasteiger partial charge in [-0.2, -0.15) is 13.2 Å². The molecule has 0 saturated carbocycles. The number of hydrogen-bond acceptors (Lipinski definition) is 10. The number of likely N-dealkylation sites (tertiary alicyclic amines) is 1. The number of benzene rings is 1. The van der Waals surface area contributed by atoms with Gasteiger partial charge in [-0.25, -0.2) is 9.59 Å². The van der Waals surface area contributed by atoms with Crippen molar-refractivity contribution in [2.75, 3.05) is 20.7 Å². The third kappa shape index (κ3) is 5.38. The fraction of sp³-hybridized carbons (Fsp3) is 0.556. The minimum absolute atomic E-state index is 0.162. The van der Waals surface area contributed by atoms with Gasteiger partial charge in [-0.15, -0.1) is 0 Å². The number of rotatable bonds is 7. The Morgan fingerprint density at radius 2 is 1.88 bits per heavy atom. The highest BCUT2D eigenvalue weighted by molar-refractivity contribution is 5.89. The van der Waals surface area contributed by atoms with Crippen LogP contribution in [0, 0.1) is 0 Å². The molecular formula is C27H31F3N2O11.